The molecule has 1 aromatic heterocycles. The Morgan fingerprint density at radius 3 is 2.50 bits per heavy atom. The second kappa shape index (κ2) is 11.4. The van der Waals surface area contributed by atoms with Crippen molar-refractivity contribution in [3.8, 4) is 0 Å². The van der Waals surface area contributed by atoms with E-state index in [2.05, 4.69) is 10.3 Å². The van der Waals surface area contributed by atoms with Crippen LogP contribution < -0.4 is 10.2 Å². The molecule has 0 atom stereocenters. The maximum absolute atomic E-state index is 15.4. The molecule has 210 valence electrons. The van der Waals surface area contributed by atoms with Gasteiger partial charge in [-0.25, -0.2) is 14.2 Å². The van der Waals surface area contributed by atoms with Crippen LogP contribution in [0.2, 0.25) is 10.2 Å². The van der Waals surface area contributed by atoms with E-state index in [9.17, 15) is 18.0 Å². The number of benzene rings is 2. The van der Waals surface area contributed by atoms with Crippen LogP contribution in [0.4, 0.5) is 28.0 Å². The number of amides is 2. The molecule has 0 bridgehead atoms. The average Bonchev–Trinajstić information content (AvgIpc) is 3.22. The monoisotopic (exact) mass is 592 g/mol. The number of aromatic nitrogens is 1. The van der Waals surface area contributed by atoms with Gasteiger partial charge in [0.15, 0.2) is 0 Å². The minimum Gasteiger partial charge on any atom is -0.317 e. The summed E-state index contributed by atoms with van der Waals surface area (Å²) in [4.78, 5) is 20.9. The van der Waals surface area contributed by atoms with Crippen molar-refractivity contribution < 1.29 is 22.4 Å². The van der Waals surface area contributed by atoms with E-state index in [1.165, 1.54) is 16.0 Å². The van der Waals surface area contributed by atoms with Crippen molar-refractivity contribution in [2.24, 2.45) is 0 Å². The maximum Gasteiger partial charge on any atom is 0.416 e. The summed E-state index contributed by atoms with van der Waals surface area (Å²) in [5.74, 6) is -0.933. The van der Waals surface area contributed by atoms with Gasteiger partial charge in [-0.15, -0.1) is 0 Å². The van der Waals surface area contributed by atoms with Crippen LogP contribution in [-0.2, 0) is 18.1 Å². The van der Waals surface area contributed by atoms with E-state index in [-0.39, 0.29) is 36.0 Å². The molecule has 0 aliphatic carbocycles. The zero-order valence-corrected chi connectivity index (χ0v) is 22.8. The summed E-state index contributed by atoms with van der Waals surface area (Å²) >= 11 is 12.0. The Morgan fingerprint density at radius 1 is 1.10 bits per heavy atom. The number of anilines is 1. The third kappa shape index (κ3) is 5.96. The fourth-order valence-electron chi connectivity index (χ4n) is 5.48. The molecule has 0 saturated carbocycles. The van der Waals surface area contributed by atoms with Crippen LogP contribution in [0.1, 0.15) is 35.1 Å². The number of urea groups is 1. The molecule has 11 heteroatoms. The summed E-state index contributed by atoms with van der Waals surface area (Å²) in [6.45, 7) is 1.50. The molecule has 2 aliphatic rings. The molecular formula is C29H26Cl2F4N4O. The zero-order chi connectivity index (χ0) is 28.5. The van der Waals surface area contributed by atoms with Gasteiger partial charge in [-0.3, -0.25) is 4.90 Å². The Kier molecular flexibility index (Phi) is 8.08. The molecular weight excluding hydrogens is 567 g/mol. The highest BCUT2D eigenvalue weighted by Crippen LogP contribution is 2.49. The molecule has 2 aliphatic heterocycles. The standard InChI is InChI=1S/C29H26Cl2F4N4O/c30-22-5-3-19(4-6-22)2-1-13-38(17-20-7-10-37-25(31)14-20)27(40)39-18-28(8-11-36-12-9-28)26-23(32)15-21(16-24(26)39)29(33,34)35/h1-7,10,14-16,36H,8-9,11-13,17-18H2. The molecule has 0 radical (unpaired) electrons. The summed E-state index contributed by atoms with van der Waals surface area (Å²) in [5.41, 5.74) is -0.185. The molecule has 0 unspecified atom stereocenters. The SMILES string of the molecule is O=C(N(CC=Cc1ccc(Cl)cc1)Cc1ccnc(Cl)c1)N1CC2(CCNCC2)c2c(F)cc(C(F)(F)F)cc21. The average molecular weight is 593 g/mol. The van der Waals surface area contributed by atoms with Crippen LogP contribution in [0.5, 0.6) is 0 Å². The lowest BCUT2D eigenvalue weighted by Gasteiger charge is -2.35. The van der Waals surface area contributed by atoms with Crippen molar-refractivity contribution in [1.29, 1.82) is 0 Å². The Labute approximate surface area is 239 Å². The summed E-state index contributed by atoms with van der Waals surface area (Å²) in [6, 6.07) is 11.4. The molecule has 1 saturated heterocycles. The van der Waals surface area contributed by atoms with Gasteiger partial charge in [-0.1, -0.05) is 47.5 Å². The molecule has 5 rings (SSSR count). The van der Waals surface area contributed by atoms with E-state index in [0.29, 0.717) is 42.6 Å². The van der Waals surface area contributed by atoms with Crippen molar-refractivity contribution in [1.82, 2.24) is 15.2 Å². The molecule has 1 fully saturated rings. The number of carbonyl (C=O) groups excluding carboxylic acids is 1. The van der Waals surface area contributed by atoms with Crippen molar-refractivity contribution >= 4 is 41.0 Å². The van der Waals surface area contributed by atoms with Crippen LogP contribution in [0.25, 0.3) is 6.08 Å². The largest absolute Gasteiger partial charge is 0.416 e. The fourth-order valence-corrected chi connectivity index (χ4v) is 5.80. The number of nitrogens with one attached hydrogen (secondary N) is 1. The van der Waals surface area contributed by atoms with Crippen molar-refractivity contribution in [3.63, 3.8) is 0 Å². The van der Waals surface area contributed by atoms with Gasteiger partial charge in [0.1, 0.15) is 11.0 Å². The summed E-state index contributed by atoms with van der Waals surface area (Å²) < 4.78 is 56.6. The number of nitrogens with zero attached hydrogens (tertiary/aromatic N) is 3. The zero-order valence-electron chi connectivity index (χ0n) is 21.3. The number of hydrogen-bond acceptors (Lipinski definition) is 3. The number of rotatable bonds is 5. The first-order valence-corrected chi connectivity index (χ1v) is 13.5. The normalized spacial score (nSPS) is 16.5. The van der Waals surface area contributed by atoms with Crippen LogP contribution >= 0.6 is 23.2 Å². The van der Waals surface area contributed by atoms with Crippen LogP contribution in [0.15, 0.2) is 60.8 Å². The van der Waals surface area contributed by atoms with Crippen LogP contribution in [-0.4, -0.2) is 42.1 Å². The number of alkyl halides is 3. The minimum atomic E-state index is -4.76. The third-order valence-corrected chi connectivity index (χ3v) is 7.87. The quantitative estimate of drug-likeness (QED) is 0.249. The predicted octanol–water partition coefficient (Wildman–Crippen LogP) is 7.32. The number of carbonyl (C=O) groups is 1. The summed E-state index contributed by atoms with van der Waals surface area (Å²) in [5, 5.41) is 4.06. The summed E-state index contributed by atoms with van der Waals surface area (Å²) in [6.07, 6.45) is 1.37. The van der Waals surface area contributed by atoms with Gasteiger partial charge in [0, 0.05) is 41.8 Å². The van der Waals surface area contributed by atoms with E-state index >= 15 is 4.39 Å². The van der Waals surface area contributed by atoms with Gasteiger partial charge >= 0.3 is 12.2 Å². The summed E-state index contributed by atoms with van der Waals surface area (Å²) in [7, 11) is 0. The van der Waals surface area contributed by atoms with Gasteiger partial charge in [0.25, 0.3) is 0 Å². The number of fused-ring (bicyclic) bond motifs is 2. The molecule has 3 aromatic rings. The Balaban J connectivity index is 1.52. The fraction of sp³-hybridized carbons (Fsp3) is 0.310. The number of hydrogen-bond donors (Lipinski definition) is 1. The van der Waals surface area contributed by atoms with Gasteiger partial charge < -0.3 is 10.2 Å². The highest BCUT2D eigenvalue weighted by atomic mass is 35.5. The molecule has 2 amide bonds. The minimum absolute atomic E-state index is 0.0290. The molecule has 2 aromatic carbocycles. The van der Waals surface area contributed by atoms with Crippen LogP contribution in [0, 0.1) is 5.82 Å². The highest BCUT2D eigenvalue weighted by molar-refractivity contribution is 6.30. The van der Waals surface area contributed by atoms with Gasteiger partial charge in [-0.2, -0.15) is 13.2 Å². The number of pyridine rings is 1. The van der Waals surface area contributed by atoms with Crippen molar-refractivity contribution in [3.05, 3.63) is 99.1 Å². The molecule has 5 nitrogen and oxygen atoms in total. The first kappa shape index (κ1) is 28.4. The van der Waals surface area contributed by atoms with E-state index in [1.54, 1.807) is 30.3 Å². The first-order chi connectivity index (χ1) is 19.1. The number of halogens is 6. The second-order valence-corrected chi connectivity index (χ2v) is 10.9. The molecule has 1 spiro atoms. The third-order valence-electron chi connectivity index (χ3n) is 7.41. The Bertz CT molecular complexity index is 1420. The highest BCUT2D eigenvalue weighted by Gasteiger charge is 2.49. The lowest BCUT2D eigenvalue weighted by atomic mass is 9.74. The Hall–Kier alpha value is -3.14. The lowest BCUT2D eigenvalue weighted by molar-refractivity contribution is -0.137. The lowest BCUT2D eigenvalue weighted by Crippen LogP contribution is -2.48. The maximum atomic E-state index is 15.4. The van der Waals surface area contributed by atoms with Gasteiger partial charge in [-0.05, 0) is 73.5 Å². The van der Waals surface area contributed by atoms with E-state index in [1.807, 2.05) is 18.2 Å². The van der Waals surface area contributed by atoms with E-state index < -0.39 is 29.0 Å². The van der Waals surface area contributed by atoms with Crippen molar-refractivity contribution in [2.45, 2.75) is 31.0 Å². The van der Waals surface area contributed by atoms with Gasteiger partial charge in [0.2, 0.25) is 0 Å². The molecule has 40 heavy (non-hydrogen) atoms. The van der Waals surface area contributed by atoms with Crippen molar-refractivity contribution in [2.75, 3.05) is 31.1 Å². The second-order valence-electron chi connectivity index (χ2n) is 10.1. The first-order valence-electron chi connectivity index (χ1n) is 12.8. The number of piperidine rings is 1. The smallest absolute Gasteiger partial charge is 0.317 e. The molecule has 1 N–H and O–H groups in total. The Morgan fingerprint density at radius 2 is 1.82 bits per heavy atom. The van der Waals surface area contributed by atoms with E-state index in [0.717, 1.165) is 11.6 Å². The van der Waals surface area contributed by atoms with Gasteiger partial charge in [0.05, 0.1) is 11.3 Å². The topological polar surface area (TPSA) is 48.5 Å². The predicted molar refractivity (Wildman–Crippen MR) is 148 cm³/mol. The van der Waals surface area contributed by atoms with Crippen LogP contribution in [0.3, 0.4) is 0 Å². The molecule has 3 heterocycles. The van der Waals surface area contributed by atoms with E-state index in [4.69, 9.17) is 23.2 Å².